The number of anilines is 1. The Balaban J connectivity index is 1.29. The van der Waals surface area contributed by atoms with Gasteiger partial charge in [-0.2, -0.15) is 5.10 Å². The number of aromatic nitrogens is 3. The number of benzene rings is 2. The monoisotopic (exact) mass is 422 g/mol. The number of rotatable bonds is 6. The van der Waals surface area contributed by atoms with Gasteiger partial charge in [0.25, 0.3) is 0 Å². The first-order valence-electron chi connectivity index (χ1n) is 9.53. The van der Waals surface area contributed by atoms with Crippen molar-refractivity contribution in [3.63, 3.8) is 0 Å². The van der Waals surface area contributed by atoms with E-state index in [-0.39, 0.29) is 12.6 Å². The minimum absolute atomic E-state index is 0.236. The molecule has 0 atom stereocenters. The molecule has 0 aliphatic carbocycles. The summed E-state index contributed by atoms with van der Waals surface area (Å²) in [6.45, 7) is 3.42. The van der Waals surface area contributed by atoms with E-state index < -0.39 is 0 Å². The molecule has 0 amide bonds. The van der Waals surface area contributed by atoms with E-state index in [0.29, 0.717) is 13.1 Å². The Morgan fingerprint density at radius 2 is 2.00 bits per heavy atom. The Labute approximate surface area is 176 Å². The molecular weight excluding hydrogens is 403 g/mol. The predicted octanol–water partition coefficient (Wildman–Crippen LogP) is 4.84. The van der Waals surface area contributed by atoms with Gasteiger partial charge in [-0.25, -0.2) is 9.37 Å². The van der Waals surface area contributed by atoms with Crippen LogP contribution in [0, 0.1) is 12.7 Å². The highest BCUT2D eigenvalue weighted by atomic mass is 32.1. The lowest BCUT2D eigenvalue weighted by Gasteiger charge is -2.06. The molecular formula is C22H19FN4O2S. The first-order valence-corrected chi connectivity index (χ1v) is 10.3. The lowest BCUT2D eigenvalue weighted by molar-refractivity contribution is 0.173. The molecule has 5 rings (SSSR count). The van der Waals surface area contributed by atoms with Gasteiger partial charge in [0.15, 0.2) is 16.6 Å². The molecule has 1 aliphatic heterocycles. The van der Waals surface area contributed by atoms with E-state index in [1.165, 1.54) is 12.1 Å². The number of ether oxygens (including phenoxy) is 2. The fourth-order valence-electron chi connectivity index (χ4n) is 3.36. The molecule has 2 aromatic heterocycles. The molecule has 2 aromatic carbocycles. The highest BCUT2D eigenvalue weighted by molar-refractivity contribution is 7.19. The Bertz CT molecular complexity index is 1190. The normalized spacial score (nSPS) is 12.3. The van der Waals surface area contributed by atoms with E-state index in [0.717, 1.165) is 44.0 Å². The molecule has 152 valence electrons. The zero-order valence-corrected chi connectivity index (χ0v) is 17.1. The van der Waals surface area contributed by atoms with Crippen LogP contribution in [-0.4, -0.2) is 21.6 Å². The summed E-state index contributed by atoms with van der Waals surface area (Å²) in [7, 11) is 0. The van der Waals surface area contributed by atoms with Gasteiger partial charge in [-0.3, -0.25) is 4.68 Å². The molecule has 3 heterocycles. The molecule has 0 saturated carbocycles. The first-order chi connectivity index (χ1) is 14.7. The van der Waals surface area contributed by atoms with Crippen LogP contribution in [0.15, 0.2) is 54.7 Å². The lowest BCUT2D eigenvalue weighted by atomic mass is 10.2. The van der Waals surface area contributed by atoms with Crippen molar-refractivity contribution in [3.05, 3.63) is 77.4 Å². The Morgan fingerprint density at radius 3 is 2.87 bits per heavy atom. The summed E-state index contributed by atoms with van der Waals surface area (Å²) in [5.41, 5.74) is 3.82. The number of nitrogens with zero attached hydrogens (tertiary/aromatic N) is 3. The molecule has 4 aromatic rings. The minimum Gasteiger partial charge on any atom is -0.454 e. The second kappa shape index (κ2) is 7.79. The van der Waals surface area contributed by atoms with Gasteiger partial charge in [0.1, 0.15) is 11.5 Å². The number of halogens is 1. The van der Waals surface area contributed by atoms with Crippen LogP contribution in [0.4, 0.5) is 9.52 Å². The van der Waals surface area contributed by atoms with Crippen molar-refractivity contribution in [2.45, 2.75) is 20.0 Å². The zero-order valence-electron chi connectivity index (χ0n) is 16.3. The van der Waals surface area contributed by atoms with Gasteiger partial charge >= 0.3 is 0 Å². The summed E-state index contributed by atoms with van der Waals surface area (Å²) >= 11 is 1.57. The maximum absolute atomic E-state index is 13.1. The van der Waals surface area contributed by atoms with Crippen LogP contribution in [-0.2, 0) is 13.1 Å². The predicted molar refractivity (Wildman–Crippen MR) is 113 cm³/mol. The highest BCUT2D eigenvalue weighted by Crippen LogP contribution is 2.36. The summed E-state index contributed by atoms with van der Waals surface area (Å²) in [5, 5.41) is 8.87. The standard InChI is InChI=1S/C22H19FN4O2S/c1-14-21(18-9-10-27(26-18)12-15-5-7-17(23)8-6-15)30-22(25-14)24-11-16-3-2-4-19-20(16)29-13-28-19/h2-10H,11-13H2,1H3,(H,24,25). The Morgan fingerprint density at radius 1 is 1.13 bits per heavy atom. The molecule has 0 saturated heterocycles. The number of thiazole rings is 1. The van der Waals surface area contributed by atoms with Crippen molar-refractivity contribution in [2.24, 2.45) is 0 Å². The summed E-state index contributed by atoms with van der Waals surface area (Å²) in [4.78, 5) is 5.66. The largest absolute Gasteiger partial charge is 0.454 e. The number of nitrogens with one attached hydrogen (secondary N) is 1. The summed E-state index contributed by atoms with van der Waals surface area (Å²) in [6, 6.07) is 14.3. The molecule has 30 heavy (non-hydrogen) atoms. The van der Waals surface area contributed by atoms with E-state index in [1.54, 1.807) is 23.5 Å². The van der Waals surface area contributed by atoms with Crippen molar-refractivity contribution in [1.82, 2.24) is 14.8 Å². The van der Waals surface area contributed by atoms with Crippen molar-refractivity contribution in [2.75, 3.05) is 12.1 Å². The molecule has 0 bridgehead atoms. The number of para-hydroxylation sites is 1. The van der Waals surface area contributed by atoms with Crippen LogP contribution in [0.3, 0.4) is 0 Å². The van der Waals surface area contributed by atoms with Gasteiger partial charge in [0.2, 0.25) is 6.79 Å². The fraction of sp³-hybridized carbons (Fsp3) is 0.182. The van der Waals surface area contributed by atoms with E-state index >= 15 is 0 Å². The van der Waals surface area contributed by atoms with E-state index in [4.69, 9.17) is 9.47 Å². The van der Waals surface area contributed by atoms with Gasteiger partial charge in [-0.05, 0) is 36.8 Å². The van der Waals surface area contributed by atoms with Crippen LogP contribution in [0.2, 0.25) is 0 Å². The second-order valence-electron chi connectivity index (χ2n) is 6.96. The summed E-state index contributed by atoms with van der Waals surface area (Å²) in [6.07, 6.45) is 1.93. The third kappa shape index (κ3) is 3.73. The van der Waals surface area contributed by atoms with Crippen LogP contribution in [0.5, 0.6) is 11.5 Å². The lowest BCUT2D eigenvalue weighted by Crippen LogP contribution is -2.00. The van der Waals surface area contributed by atoms with Crippen molar-refractivity contribution >= 4 is 16.5 Å². The van der Waals surface area contributed by atoms with Crippen LogP contribution < -0.4 is 14.8 Å². The van der Waals surface area contributed by atoms with Gasteiger partial charge in [0.05, 0.1) is 17.1 Å². The van der Waals surface area contributed by atoms with Gasteiger partial charge in [0, 0.05) is 18.3 Å². The van der Waals surface area contributed by atoms with Crippen molar-refractivity contribution in [1.29, 1.82) is 0 Å². The maximum atomic E-state index is 13.1. The molecule has 0 fully saturated rings. The Kier molecular flexibility index (Phi) is 4.84. The summed E-state index contributed by atoms with van der Waals surface area (Å²) in [5.74, 6) is 1.33. The molecule has 1 aliphatic rings. The zero-order chi connectivity index (χ0) is 20.5. The average Bonchev–Trinajstić information content (AvgIpc) is 3.48. The fourth-order valence-corrected chi connectivity index (χ4v) is 4.29. The second-order valence-corrected chi connectivity index (χ2v) is 7.96. The molecule has 0 radical (unpaired) electrons. The Hall–Kier alpha value is -3.39. The van der Waals surface area contributed by atoms with Crippen LogP contribution in [0.1, 0.15) is 16.8 Å². The van der Waals surface area contributed by atoms with Crippen molar-refractivity contribution in [3.8, 4) is 22.1 Å². The summed E-state index contributed by atoms with van der Waals surface area (Å²) < 4.78 is 25.9. The van der Waals surface area contributed by atoms with Gasteiger partial charge in [-0.15, -0.1) is 0 Å². The molecule has 6 nitrogen and oxygen atoms in total. The third-order valence-corrected chi connectivity index (χ3v) is 5.97. The van der Waals surface area contributed by atoms with Crippen molar-refractivity contribution < 1.29 is 13.9 Å². The quantitative estimate of drug-likeness (QED) is 0.482. The topological polar surface area (TPSA) is 61.2 Å². The maximum Gasteiger partial charge on any atom is 0.231 e. The molecule has 1 N–H and O–H groups in total. The molecule has 0 unspecified atom stereocenters. The van der Waals surface area contributed by atoms with Gasteiger partial charge in [-0.1, -0.05) is 35.6 Å². The number of fused-ring (bicyclic) bond motifs is 1. The van der Waals surface area contributed by atoms with Crippen LogP contribution in [0.25, 0.3) is 10.6 Å². The smallest absolute Gasteiger partial charge is 0.231 e. The number of hydrogen-bond donors (Lipinski definition) is 1. The molecule has 0 spiro atoms. The minimum atomic E-state index is -0.236. The number of aryl methyl sites for hydroxylation is 1. The first kappa shape index (κ1) is 18.6. The van der Waals surface area contributed by atoms with E-state index in [9.17, 15) is 4.39 Å². The van der Waals surface area contributed by atoms with Gasteiger partial charge < -0.3 is 14.8 Å². The highest BCUT2D eigenvalue weighted by Gasteiger charge is 2.18. The van der Waals surface area contributed by atoms with Crippen LogP contribution >= 0.6 is 11.3 Å². The van der Waals surface area contributed by atoms with E-state index in [2.05, 4.69) is 15.4 Å². The third-order valence-electron chi connectivity index (χ3n) is 4.84. The number of hydrogen-bond acceptors (Lipinski definition) is 6. The van der Waals surface area contributed by atoms with E-state index in [1.807, 2.05) is 42.1 Å². The SMILES string of the molecule is Cc1nc(NCc2cccc3c2OCO3)sc1-c1ccn(Cc2ccc(F)cc2)n1. The molecule has 8 heteroatoms. The average molecular weight is 422 g/mol.